The first-order valence-corrected chi connectivity index (χ1v) is 1.60. The van der Waals surface area contributed by atoms with Crippen molar-refractivity contribution in [2.75, 3.05) is 0 Å². The Morgan fingerprint density at radius 2 is 1.40 bits per heavy atom. The van der Waals surface area contributed by atoms with E-state index in [9.17, 15) is 0 Å². The third-order valence-corrected chi connectivity index (χ3v) is 0. The van der Waals surface area contributed by atoms with Gasteiger partial charge in [0.05, 0.1) is 0 Å². The van der Waals surface area contributed by atoms with Gasteiger partial charge in [-0.2, -0.15) is 4.21 Å². The molecule has 0 amide bonds. The molecule has 5 heavy (non-hydrogen) atoms. The molecule has 0 aliphatic heterocycles. The number of hydrogen-bond acceptors (Lipinski definition) is 1. The van der Waals surface area contributed by atoms with Crippen LogP contribution in [0.25, 0.3) is 0 Å². The van der Waals surface area contributed by atoms with Crippen LogP contribution in [0.2, 0.25) is 0 Å². The average Bonchev–Trinajstić information content (AvgIpc) is 0.811. The van der Waals surface area contributed by atoms with Gasteiger partial charge in [-0.05, 0) is 0 Å². The van der Waals surface area contributed by atoms with Crippen molar-refractivity contribution in [2.24, 2.45) is 0 Å². The first-order valence-electron chi connectivity index (χ1n) is 0.532. The predicted octanol–water partition coefficient (Wildman–Crippen LogP) is -0.321. The quantitative estimate of drug-likeness (QED) is 0.594. The molecule has 0 saturated carbocycles. The summed E-state index contributed by atoms with van der Waals surface area (Å²) < 4.78 is 22.8. The molecule has 0 unspecified atom stereocenters. The van der Waals surface area contributed by atoms with Gasteiger partial charge in [0.25, 0.3) is 11.4 Å². The van der Waals surface area contributed by atoms with Gasteiger partial charge >= 0.3 is 0 Å². The summed E-state index contributed by atoms with van der Waals surface area (Å²) in [6, 6.07) is 0. The molecular formula is H2O3OsS. The van der Waals surface area contributed by atoms with Crippen LogP contribution in [0.1, 0.15) is 0 Å². The standard InChI is InChI=1S/H2O3S.Os/c1-4(2)3;/h(H2,1,2,3);. The molecule has 5 heteroatoms. The first kappa shape index (κ1) is 9.20. The van der Waals surface area contributed by atoms with E-state index in [4.69, 9.17) is 13.3 Å². The Hall–Kier alpha value is 0.706. The minimum Gasteiger partial charge on any atom is -0.284 e. The summed E-state index contributed by atoms with van der Waals surface area (Å²) in [6.07, 6.45) is 0. The van der Waals surface area contributed by atoms with E-state index in [-0.39, 0.29) is 19.8 Å². The molecular weight excluding hydrogens is 270 g/mol. The molecule has 0 fully saturated rings. The zero-order valence-electron chi connectivity index (χ0n) is 2.06. The van der Waals surface area contributed by atoms with E-state index in [1.54, 1.807) is 0 Å². The van der Waals surface area contributed by atoms with Crippen molar-refractivity contribution in [1.29, 1.82) is 0 Å². The van der Waals surface area contributed by atoms with Crippen LogP contribution in [-0.2, 0) is 31.2 Å². The summed E-state index contributed by atoms with van der Waals surface area (Å²) >= 11 is -2.61. The van der Waals surface area contributed by atoms with Gasteiger partial charge < -0.3 is 0 Å². The van der Waals surface area contributed by atoms with Crippen molar-refractivity contribution in [1.82, 2.24) is 0 Å². The van der Waals surface area contributed by atoms with Crippen molar-refractivity contribution in [2.45, 2.75) is 0 Å². The molecule has 0 spiro atoms. The topological polar surface area (TPSA) is 57.5 Å². The van der Waals surface area contributed by atoms with E-state index in [0.717, 1.165) is 0 Å². The minimum absolute atomic E-state index is 0. The minimum atomic E-state index is -2.61. The van der Waals surface area contributed by atoms with E-state index in [1.165, 1.54) is 0 Å². The third kappa shape index (κ3) is 69.1. The summed E-state index contributed by atoms with van der Waals surface area (Å²) in [6.45, 7) is 0. The molecule has 2 N–H and O–H groups in total. The van der Waals surface area contributed by atoms with Crippen LogP contribution in [-0.4, -0.2) is 13.3 Å². The first-order chi connectivity index (χ1) is 1.73. The molecule has 0 aromatic rings. The molecule has 0 aromatic carbocycles. The van der Waals surface area contributed by atoms with E-state index >= 15 is 0 Å². The van der Waals surface area contributed by atoms with Gasteiger partial charge in [-0.25, -0.2) is 0 Å². The van der Waals surface area contributed by atoms with Crippen LogP contribution in [0.4, 0.5) is 0 Å². The maximum Gasteiger partial charge on any atom is 0.299 e. The van der Waals surface area contributed by atoms with Crippen molar-refractivity contribution < 1.29 is 33.1 Å². The van der Waals surface area contributed by atoms with Crippen LogP contribution in [0, 0.1) is 0 Å². The maximum absolute atomic E-state index is 8.67. The molecule has 0 bridgehead atoms. The van der Waals surface area contributed by atoms with Gasteiger partial charge in [0.15, 0.2) is 0 Å². The Bertz CT molecular complexity index is 29.9. The monoisotopic (exact) mass is 274 g/mol. The summed E-state index contributed by atoms with van der Waals surface area (Å²) in [7, 11) is 0. The Labute approximate surface area is 44.9 Å². The number of hydrogen-bond donors (Lipinski definition) is 2. The van der Waals surface area contributed by atoms with Crippen molar-refractivity contribution >= 4 is 11.4 Å². The zero-order chi connectivity index (χ0) is 3.58. The summed E-state index contributed by atoms with van der Waals surface area (Å²) in [5.74, 6) is 0. The SMILES string of the molecule is O=S(O)O.[Os]. The molecule has 3 nitrogen and oxygen atoms in total. The third-order valence-electron chi connectivity index (χ3n) is 0. The fourth-order valence-corrected chi connectivity index (χ4v) is 0. The fourth-order valence-electron chi connectivity index (χ4n) is 0. The second-order valence-electron chi connectivity index (χ2n) is 0.231. The van der Waals surface area contributed by atoms with Gasteiger partial charge in [0, 0.05) is 19.8 Å². The Morgan fingerprint density at radius 3 is 1.40 bits per heavy atom. The van der Waals surface area contributed by atoms with E-state index in [1.807, 2.05) is 0 Å². The molecule has 0 aliphatic carbocycles. The molecule has 0 heterocycles. The van der Waals surface area contributed by atoms with Crippen LogP contribution in [0.3, 0.4) is 0 Å². The van der Waals surface area contributed by atoms with Gasteiger partial charge in [0.1, 0.15) is 0 Å². The average molecular weight is 272 g/mol. The molecule has 0 aromatic heterocycles. The van der Waals surface area contributed by atoms with Crippen LogP contribution in [0.5, 0.6) is 0 Å². The number of rotatable bonds is 0. The van der Waals surface area contributed by atoms with Crippen LogP contribution in [0.15, 0.2) is 0 Å². The van der Waals surface area contributed by atoms with E-state index < -0.39 is 11.4 Å². The van der Waals surface area contributed by atoms with Crippen molar-refractivity contribution in [3.8, 4) is 0 Å². The van der Waals surface area contributed by atoms with E-state index in [2.05, 4.69) is 0 Å². The molecule has 0 saturated heterocycles. The van der Waals surface area contributed by atoms with E-state index in [0.29, 0.717) is 0 Å². The largest absolute Gasteiger partial charge is 0.299 e. The van der Waals surface area contributed by atoms with Crippen LogP contribution < -0.4 is 0 Å². The smallest absolute Gasteiger partial charge is 0.284 e. The molecule has 0 aliphatic rings. The zero-order valence-corrected chi connectivity index (χ0v) is 5.42. The molecule has 0 radical (unpaired) electrons. The van der Waals surface area contributed by atoms with Crippen molar-refractivity contribution in [3.63, 3.8) is 0 Å². The van der Waals surface area contributed by atoms with Gasteiger partial charge in [-0.3, -0.25) is 9.11 Å². The normalized spacial score (nSPS) is 7.00. The van der Waals surface area contributed by atoms with Gasteiger partial charge in [-0.15, -0.1) is 0 Å². The second-order valence-corrected chi connectivity index (χ2v) is 0.692. The van der Waals surface area contributed by atoms with Gasteiger partial charge in [-0.1, -0.05) is 0 Å². The van der Waals surface area contributed by atoms with Gasteiger partial charge in [0.2, 0.25) is 0 Å². The Morgan fingerprint density at radius 1 is 1.40 bits per heavy atom. The maximum atomic E-state index is 8.67. The summed E-state index contributed by atoms with van der Waals surface area (Å²) in [5.41, 5.74) is 0. The van der Waals surface area contributed by atoms with Crippen LogP contribution >= 0.6 is 0 Å². The van der Waals surface area contributed by atoms with Crippen molar-refractivity contribution in [3.05, 3.63) is 0 Å². The Balaban J connectivity index is 0. The summed E-state index contributed by atoms with van der Waals surface area (Å²) in [5, 5.41) is 0. The molecule has 0 atom stereocenters. The predicted molar refractivity (Wildman–Crippen MR) is 13.4 cm³/mol. The fraction of sp³-hybridized carbons (Fsp3) is 0. The Kier molecular flexibility index (Phi) is 8.66. The molecule has 34 valence electrons. The molecule has 0 rings (SSSR count). The summed E-state index contributed by atoms with van der Waals surface area (Å²) in [4.78, 5) is 0. The second kappa shape index (κ2) is 4.71.